The molecule has 3 rings (SSSR count). The Balaban J connectivity index is 1.65. The highest BCUT2D eigenvalue weighted by molar-refractivity contribution is 6.30. The van der Waals surface area contributed by atoms with Gasteiger partial charge in [-0.2, -0.15) is 0 Å². The minimum atomic E-state index is -0.120. The van der Waals surface area contributed by atoms with E-state index in [1.54, 1.807) is 12.1 Å². The zero-order chi connectivity index (χ0) is 15.4. The predicted octanol–water partition coefficient (Wildman–Crippen LogP) is 4.53. The number of furan rings is 1. The fraction of sp³-hybridized carbons (Fsp3) is 0.0556. The molecule has 0 spiro atoms. The number of hydrogen-bond acceptors (Lipinski definition) is 2. The molecule has 1 aromatic heterocycles. The van der Waals surface area contributed by atoms with Crippen LogP contribution in [0.4, 0.5) is 0 Å². The van der Waals surface area contributed by atoms with Crippen LogP contribution in [0.5, 0.6) is 0 Å². The molecule has 0 atom stereocenters. The van der Waals surface area contributed by atoms with E-state index in [4.69, 9.17) is 16.0 Å². The van der Waals surface area contributed by atoms with Crippen molar-refractivity contribution in [1.82, 2.24) is 5.32 Å². The van der Waals surface area contributed by atoms with Crippen LogP contribution in [0.25, 0.3) is 11.3 Å². The second-order valence-electron chi connectivity index (χ2n) is 4.82. The third kappa shape index (κ3) is 3.38. The minimum Gasteiger partial charge on any atom is -0.459 e. The Morgan fingerprint density at radius 3 is 2.41 bits per heavy atom. The molecule has 2 aromatic carbocycles. The maximum Gasteiger partial charge on any atom is 0.251 e. The highest BCUT2D eigenvalue weighted by Gasteiger charge is 2.08. The van der Waals surface area contributed by atoms with E-state index < -0.39 is 0 Å². The molecule has 0 bridgehead atoms. The van der Waals surface area contributed by atoms with Gasteiger partial charge in [0, 0.05) is 16.1 Å². The minimum absolute atomic E-state index is 0.120. The van der Waals surface area contributed by atoms with Crippen LogP contribution in [0.15, 0.2) is 71.1 Å². The number of carbonyl (C=O) groups excluding carboxylic acids is 1. The molecule has 110 valence electrons. The fourth-order valence-corrected chi connectivity index (χ4v) is 2.23. The molecule has 4 heteroatoms. The van der Waals surface area contributed by atoms with E-state index in [2.05, 4.69) is 5.32 Å². The van der Waals surface area contributed by atoms with Crippen molar-refractivity contribution in [2.24, 2.45) is 0 Å². The lowest BCUT2D eigenvalue weighted by molar-refractivity contribution is 0.0948. The lowest BCUT2D eigenvalue weighted by atomic mass is 10.2. The third-order valence-electron chi connectivity index (χ3n) is 3.25. The van der Waals surface area contributed by atoms with Crippen LogP contribution in [-0.2, 0) is 6.54 Å². The summed E-state index contributed by atoms with van der Waals surface area (Å²) in [4.78, 5) is 12.0. The average molecular weight is 312 g/mol. The molecule has 0 saturated heterocycles. The van der Waals surface area contributed by atoms with Gasteiger partial charge in [0.15, 0.2) is 0 Å². The summed E-state index contributed by atoms with van der Waals surface area (Å²) < 4.78 is 5.74. The summed E-state index contributed by atoms with van der Waals surface area (Å²) in [5.41, 5.74) is 1.58. The van der Waals surface area contributed by atoms with Crippen LogP contribution in [0, 0.1) is 0 Å². The molecular weight excluding hydrogens is 298 g/mol. The second kappa shape index (κ2) is 6.50. The molecule has 22 heavy (non-hydrogen) atoms. The molecule has 3 aromatic rings. The zero-order valence-corrected chi connectivity index (χ0v) is 12.5. The van der Waals surface area contributed by atoms with Gasteiger partial charge < -0.3 is 9.73 Å². The molecule has 1 N–H and O–H groups in total. The summed E-state index contributed by atoms with van der Waals surface area (Å²) >= 11 is 5.87. The first-order valence-corrected chi connectivity index (χ1v) is 7.28. The number of carbonyl (C=O) groups is 1. The first-order valence-electron chi connectivity index (χ1n) is 6.90. The topological polar surface area (TPSA) is 42.2 Å². The molecule has 0 saturated carbocycles. The molecule has 0 radical (unpaired) electrons. The van der Waals surface area contributed by atoms with Gasteiger partial charge in [-0.25, -0.2) is 0 Å². The molecule has 0 aliphatic heterocycles. The van der Waals surface area contributed by atoms with Crippen molar-refractivity contribution in [3.8, 4) is 11.3 Å². The number of nitrogens with one attached hydrogen (secondary N) is 1. The number of amides is 1. The molecule has 1 heterocycles. The lowest BCUT2D eigenvalue weighted by Crippen LogP contribution is -2.22. The number of halogens is 1. The van der Waals surface area contributed by atoms with Crippen LogP contribution >= 0.6 is 11.6 Å². The third-order valence-corrected chi connectivity index (χ3v) is 3.50. The maximum atomic E-state index is 12.0. The Labute approximate surface area is 133 Å². The monoisotopic (exact) mass is 311 g/mol. The van der Waals surface area contributed by atoms with Crippen molar-refractivity contribution >= 4 is 17.5 Å². The molecule has 0 unspecified atom stereocenters. The highest BCUT2D eigenvalue weighted by Crippen LogP contribution is 2.23. The highest BCUT2D eigenvalue weighted by atomic mass is 35.5. The quantitative estimate of drug-likeness (QED) is 0.769. The first-order chi connectivity index (χ1) is 10.7. The van der Waals surface area contributed by atoms with Gasteiger partial charge in [0.1, 0.15) is 11.5 Å². The maximum absolute atomic E-state index is 12.0. The van der Waals surface area contributed by atoms with E-state index in [1.807, 2.05) is 54.6 Å². The van der Waals surface area contributed by atoms with Crippen LogP contribution in [-0.4, -0.2) is 5.91 Å². The van der Waals surface area contributed by atoms with E-state index in [0.29, 0.717) is 22.9 Å². The fourth-order valence-electron chi connectivity index (χ4n) is 2.10. The molecule has 0 fully saturated rings. The Morgan fingerprint density at radius 1 is 0.955 bits per heavy atom. The Hall–Kier alpha value is -2.52. The summed E-state index contributed by atoms with van der Waals surface area (Å²) in [5, 5.41) is 3.52. The second-order valence-corrected chi connectivity index (χ2v) is 5.26. The van der Waals surface area contributed by atoms with Crippen molar-refractivity contribution in [3.63, 3.8) is 0 Å². The van der Waals surface area contributed by atoms with Crippen LogP contribution in [0.1, 0.15) is 16.1 Å². The summed E-state index contributed by atoms with van der Waals surface area (Å²) in [7, 11) is 0. The Morgan fingerprint density at radius 2 is 1.68 bits per heavy atom. The van der Waals surface area contributed by atoms with Gasteiger partial charge in [-0.3, -0.25) is 4.79 Å². The predicted molar refractivity (Wildman–Crippen MR) is 86.8 cm³/mol. The summed E-state index contributed by atoms with van der Waals surface area (Å²) in [6.07, 6.45) is 0. The van der Waals surface area contributed by atoms with E-state index in [-0.39, 0.29) is 5.91 Å². The van der Waals surface area contributed by atoms with Crippen molar-refractivity contribution in [3.05, 3.63) is 83.1 Å². The Bertz CT molecular complexity index is 763. The van der Waals surface area contributed by atoms with Crippen molar-refractivity contribution < 1.29 is 9.21 Å². The van der Waals surface area contributed by atoms with Gasteiger partial charge in [0.05, 0.1) is 6.54 Å². The summed E-state index contributed by atoms with van der Waals surface area (Å²) in [6, 6.07) is 20.3. The standard InChI is InChI=1S/C18H14ClNO2/c19-15-8-6-13(7-9-15)17-11-10-16(22-17)12-20-18(21)14-4-2-1-3-5-14/h1-11H,12H2,(H,20,21). The van der Waals surface area contributed by atoms with E-state index in [1.165, 1.54) is 0 Å². The summed E-state index contributed by atoms with van der Waals surface area (Å²) in [5.74, 6) is 1.33. The van der Waals surface area contributed by atoms with Gasteiger partial charge in [0.25, 0.3) is 5.91 Å². The van der Waals surface area contributed by atoms with Crippen LogP contribution < -0.4 is 5.32 Å². The van der Waals surface area contributed by atoms with Gasteiger partial charge >= 0.3 is 0 Å². The molecule has 0 aliphatic carbocycles. The number of rotatable bonds is 4. The van der Waals surface area contributed by atoms with E-state index >= 15 is 0 Å². The van der Waals surface area contributed by atoms with E-state index in [0.717, 1.165) is 11.3 Å². The van der Waals surface area contributed by atoms with Gasteiger partial charge in [-0.1, -0.05) is 29.8 Å². The van der Waals surface area contributed by atoms with Gasteiger partial charge in [0.2, 0.25) is 0 Å². The van der Waals surface area contributed by atoms with Crippen molar-refractivity contribution in [2.75, 3.05) is 0 Å². The smallest absolute Gasteiger partial charge is 0.251 e. The van der Waals surface area contributed by atoms with Crippen LogP contribution in [0.3, 0.4) is 0 Å². The molecule has 3 nitrogen and oxygen atoms in total. The lowest BCUT2D eigenvalue weighted by Gasteiger charge is -2.03. The first kappa shape index (κ1) is 14.4. The molecular formula is C18H14ClNO2. The zero-order valence-electron chi connectivity index (χ0n) is 11.8. The molecule has 1 amide bonds. The van der Waals surface area contributed by atoms with Crippen molar-refractivity contribution in [2.45, 2.75) is 6.54 Å². The largest absolute Gasteiger partial charge is 0.459 e. The number of hydrogen-bond donors (Lipinski definition) is 1. The molecule has 0 aliphatic rings. The summed E-state index contributed by atoms with van der Waals surface area (Å²) in [6.45, 7) is 0.349. The van der Waals surface area contributed by atoms with E-state index in [9.17, 15) is 4.79 Å². The number of benzene rings is 2. The van der Waals surface area contributed by atoms with Gasteiger partial charge in [-0.15, -0.1) is 0 Å². The van der Waals surface area contributed by atoms with Gasteiger partial charge in [-0.05, 0) is 48.5 Å². The van der Waals surface area contributed by atoms with Crippen LogP contribution in [0.2, 0.25) is 5.02 Å². The SMILES string of the molecule is O=C(NCc1ccc(-c2ccc(Cl)cc2)o1)c1ccccc1. The Kier molecular flexibility index (Phi) is 4.26. The average Bonchev–Trinajstić information content (AvgIpc) is 3.03. The normalized spacial score (nSPS) is 10.4. The van der Waals surface area contributed by atoms with Crippen molar-refractivity contribution in [1.29, 1.82) is 0 Å².